The quantitative estimate of drug-likeness (QED) is 0.790. The zero-order chi connectivity index (χ0) is 13.2. The third-order valence-corrected chi connectivity index (χ3v) is 4.17. The minimum Gasteiger partial charge on any atom is -0.368 e. The molecule has 5 nitrogen and oxygen atoms in total. The molecule has 2 fully saturated rings. The number of carbonyl (C=O) groups excluding carboxylic acids is 2. The number of likely N-dealkylation sites (tertiary alicyclic amines) is 1. The van der Waals surface area contributed by atoms with Gasteiger partial charge in [0.2, 0.25) is 11.8 Å². The van der Waals surface area contributed by atoms with Crippen LogP contribution in [0.2, 0.25) is 0 Å². The zero-order valence-electron chi connectivity index (χ0n) is 10.5. The van der Waals surface area contributed by atoms with Crippen molar-refractivity contribution in [2.45, 2.75) is 51.0 Å². The van der Waals surface area contributed by atoms with Crippen LogP contribution in [0.5, 0.6) is 0 Å². The van der Waals surface area contributed by atoms with Gasteiger partial charge in [-0.25, -0.2) is 0 Å². The average molecular weight is 249 g/mol. The second-order valence-electron chi connectivity index (χ2n) is 5.31. The zero-order valence-corrected chi connectivity index (χ0v) is 10.5. The Hall–Kier alpha value is -1.57. The number of rotatable bonds is 2. The van der Waals surface area contributed by atoms with Crippen LogP contribution in [0.3, 0.4) is 0 Å². The van der Waals surface area contributed by atoms with Crippen LogP contribution >= 0.6 is 0 Å². The summed E-state index contributed by atoms with van der Waals surface area (Å²) in [5, 5.41) is 9.33. The van der Waals surface area contributed by atoms with Gasteiger partial charge in [-0.3, -0.25) is 9.59 Å². The van der Waals surface area contributed by atoms with Crippen LogP contribution in [0.1, 0.15) is 44.9 Å². The minimum absolute atomic E-state index is 0.175. The summed E-state index contributed by atoms with van der Waals surface area (Å²) in [6.07, 6.45) is 5.48. The molecular weight excluding hydrogens is 230 g/mol. The lowest BCUT2D eigenvalue weighted by Crippen LogP contribution is -2.54. The number of nitrogens with two attached hydrogens (primary N) is 1. The molecule has 2 amide bonds. The van der Waals surface area contributed by atoms with E-state index in [1.807, 2.05) is 0 Å². The van der Waals surface area contributed by atoms with Crippen LogP contribution < -0.4 is 5.73 Å². The van der Waals surface area contributed by atoms with E-state index in [1.165, 1.54) is 0 Å². The maximum Gasteiger partial charge on any atom is 0.243 e. The van der Waals surface area contributed by atoms with E-state index in [0.717, 1.165) is 25.7 Å². The van der Waals surface area contributed by atoms with Crippen LogP contribution in [-0.4, -0.2) is 29.3 Å². The van der Waals surface area contributed by atoms with E-state index >= 15 is 0 Å². The summed E-state index contributed by atoms with van der Waals surface area (Å²) in [7, 11) is 0. The fourth-order valence-corrected chi connectivity index (χ4v) is 3.10. The smallest absolute Gasteiger partial charge is 0.243 e. The summed E-state index contributed by atoms with van der Waals surface area (Å²) < 4.78 is 0. The lowest BCUT2D eigenvalue weighted by Gasteiger charge is -2.37. The Balaban J connectivity index is 2.21. The summed E-state index contributed by atoms with van der Waals surface area (Å²) >= 11 is 0. The van der Waals surface area contributed by atoms with Gasteiger partial charge < -0.3 is 10.6 Å². The van der Waals surface area contributed by atoms with Crippen molar-refractivity contribution >= 4 is 11.8 Å². The van der Waals surface area contributed by atoms with E-state index in [4.69, 9.17) is 5.73 Å². The van der Waals surface area contributed by atoms with Crippen molar-refractivity contribution in [2.75, 3.05) is 6.54 Å². The van der Waals surface area contributed by atoms with Crippen LogP contribution in [0.4, 0.5) is 0 Å². The molecule has 2 rings (SSSR count). The first-order chi connectivity index (χ1) is 8.60. The van der Waals surface area contributed by atoms with Crippen molar-refractivity contribution in [1.29, 1.82) is 5.26 Å². The maximum atomic E-state index is 12.6. The molecule has 1 saturated heterocycles. The first-order valence-electron chi connectivity index (χ1n) is 6.62. The number of nitriles is 1. The van der Waals surface area contributed by atoms with Gasteiger partial charge in [0.05, 0.1) is 6.07 Å². The first-order valence-corrected chi connectivity index (χ1v) is 6.62. The Kier molecular flexibility index (Phi) is 3.55. The van der Waals surface area contributed by atoms with Crippen molar-refractivity contribution in [3.63, 3.8) is 0 Å². The lowest BCUT2D eigenvalue weighted by molar-refractivity contribution is -0.147. The van der Waals surface area contributed by atoms with Gasteiger partial charge in [0.1, 0.15) is 11.5 Å². The summed E-state index contributed by atoms with van der Waals surface area (Å²) in [5.74, 6) is -0.625. The number of piperidine rings is 1. The molecule has 98 valence electrons. The highest BCUT2D eigenvalue weighted by Gasteiger charge is 2.46. The normalized spacial score (nSPS) is 26.6. The van der Waals surface area contributed by atoms with E-state index in [0.29, 0.717) is 25.8 Å². The monoisotopic (exact) mass is 249 g/mol. The molecule has 0 aromatic heterocycles. The average Bonchev–Trinajstić information content (AvgIpc) is 2.87. The Morgan fingerprint density at radius 1 is 1.22 bits per heavy atom. The molecule has 0 aromatic carbocycles. The highest BCUT2D eigenvalue weighted by atomic mass is 16.2. The predicted molar refractivity (Wildman–Crippen MR) is 65.1 cm³/mol. The van der Waals surface area contributed by atoms with Gasteiger partial charge in [0, 0.05) is 6.54 Å². The topological polar surface area (TPSA) is 87.2 Å². The van der Waals surface area contributed by atoms with E-state index in [1.54, 1.807) is 4.90 Å². The molecule has 0 bridgehead atoms. The number of primary amides is 1. The van der Waals surface area contributed by atoms with E-state index < -0.39 is 17.4 Å². The van der Waals surface area contributed by atoms with Gasteiger partial charge in [0.25, 0.3) is 0 Å². The van der Waals surface area contributed by atoms with E-state index in [-0.39, 0.29) is 5.91 Å². The molecule has 5 heteroatoms. The number of hydrogen-bond donors (Lipinski definition) is 1. The standard InChI is InChI=1S/C13H19N3O2/c14-9-13(6-2-3-7-13)12(18)16-8-4-1-5-10(16)11(15)17/h10H,1-8H2,(H2,15,17). The molecule has 1 heterocycles. The number of carbonyl (C=O) groups is 2. The summed E-state index contributed by atoms with van der Waals surface area (Å²) in [6.45, 7) is 0.551. The molecule has 2 aliphatic rings. The Bertz CT molecular complexity index is 394. The van der Waals surface area contributed by atoms with E-state index in [9.17, 15) is 14.9 Å². The molecule has 1 saturated carbocycles. The Morgan fingerprint density at radius 2 is 1.89 bits per heavy atom. The Labute approximate surface area is 107 Å². The van der Waals surface area contributed by atoms with Crippen LogP contribution in [0.15, 0.2) is 0 Å². The highest BCUT2D eigenvalue weighted by Crippen LogP contribution is 2.40. The lowest BCUT2D eigenvalue weighted by atomic mass is 9.84. The van der Waals surface area contributed by atoms with Gasteiger partial charge in [0.15, 0.2) is 0 Å². The third-order valence-electron chi connectivity index (χ3n) is 4.17. The second-order valence-corrected chi connectivity index (χ2v) is 5.31. The van der Waals surface area contributed by atoms with Crippen molar-refractivity contribution < 1.29 is 9.59 Å². The molecule has 18 heavy (non-hydrogen) atoms. The molecule has 1 aliphatic carbocycles. The van der Waals surface area contributed by atoms with Gasteiger partial charge in [-0.05, 0) is 32.1 Å². The summed E-state index contributed by atoms with van der Waals surface area (Å²) in [4.78, 5) is 25.5. The second kappa shape index (κ2) is 4.97. The molecular formula is C13H19N3O2. The van der Waals surface area contributed by atoms with Crippen molar-refractivity contribution in [3.05, 3.63) is 0 Å². The molecule has 0 aromatic rings. The van der Waals surface area contributed by atoms with Crippen molar-refractivity contribution in [1.82, 2.24) is 4.90 Å². The van der Waals surface area contributed by atoms with Crippen LogP contribution in [0, 0.1) is 16.7 Å². The summed E-state index contributed by atoms with van der Waals surface area (Å²) in [5.41, 5.74) is 4.47. The van der Waals surface area contributed by atoms with Crippen LogP contribution in [0.25, 0.3) is 0 Å². The van der Waals surface area contributed by atoms with Crippen molar-refractivity contribution in [3.8, 4) is 6.07 Å². The molecule has 1 unspecified atom stereocenters. The SMILES string of the molecule is N#CC1(C(=O)N2CCCCC2C(N)=O)CCCC1. The van der Waals surface area contributed by atoms with Gasteiger partial charge in [-0.15, -0.1) is 0 Å². The van der Waals surface area contributed by atoms with Gasteiger partial charge in [-0.1, -0.05) is 12.8 Å². The molecule has 1 aliphatic heterocycles. The number of hydrogen-bond acceptors (Lipinski definition) is 3. The molecule has 1 atom stereocenters. The number of amides is 2. The third kappa shape index (κ3) is 2.07. The van der Waals surface area contributed by atoms with Crippen molar-refractivity contribution in [2.24, 2.45) is 11.1 Å². The van der Waals surface area contributed by atoms with Crippen LogP contribution in [-0.2, 0) is 9.59 Å². The van der Waals surface area contributed by atoms with Gasteiger partial charge >= 0.3 is 0 Å². The van der Waals surface area contributed by atoms with E-state index in [2.05, 4.69) is 6.07 Å². The fourth-order valence-electron chi connectivity index (χ4n) is 3.10. The fraction of sp³-hybridized carbons (Fsp3) is 0.769. The molecule has 0 spiro atoms. The minimum atomic E-state index is -0.898. The maximum absolute atomic E-state index is 12.6. The molecule has 2 N–H and O–H groups in total. The van der Waals surface area contributed by atoms with Gasteiger partial charge in [-0.2, -0.15) is 5.26 Å². The predicted octanol–water partition coefficient (Wildman–Crippen LogP) is 0.937. The first kappa shape index (κ1) is 12.9. The summed E-state index contributed by atoms with van der Waals surface area (Å²) in [6, 6.07) is 1.67. The number of nitrogens with zero attached hydrogens (tertiary/aromatic N) is 2. The molecule has 0 radical (unpaired) electrons. The Morgan fingerprint density at radius 3 is 2.44 bits per heavy atom. The largest absolute Gasteiger partial charge is 0.368 e. The highest BCUT2D eigenvalue weighted by molar-refractivity contribution is 5.91.